The molecule has 1 aliphatic carbocycles. The average Bonchev–Trinajstić information content (AvgIpc) is 3.05. The highest BCUT2D eigenvalue weighted by Crippen LogP contribution is 2.37. The molecule has 0 amide bonds. The first-order valence-electron chi connectivity index (χ1n) is 10.6. The maximum Gasteiger partial charge on any atom is 0.335 e. The first-order valence-corrected chi connectivity index (χ1v) is 10.6. The zero-order chi connectivity index (χ0) is 22.6. The van der Waals surface area contributed by atoms with Gasteiger partial charge >= 0.3 is 5.97 Å². The van der Waals surface area contributed by atoms with Crippen molar-refractivity contribution in [1.82, 2.24) is 0 Å². The predicted molar refractivity (Wildman–Crippen MR) is 118 cm³/mol. The topological polar surface area (TPSA) is 82.1 Å². The maximum absolute atomic E-state index is 12.4. The number of Topliss-reactive ketones (excluding diaryl/α,β-unsaturated/α-hetero) is 1. The molecule has 1 saturated carbocycles. The molecule has 1 fully saturated rings. The van der Waals surface area contributed by atoms with E-state index in [1.165, 1.54) is 7.11 Å². The highest BCUT2D eigenvalue weighted by atomic mass is 16.5. The molecule has 0 aromatic heterocycles. The van der Waals surface area contributed by atoms with Gasteiger partial charge in [-0.05, 0) is 61.1 Å². The average molecular weight is 429 g/mol. The lowest BCUT2D eigenvalue weighted by molar-refractivity contribution is -0.150. The molecular weight excluding hydrogens is 396 g/mol. The van der Waals surface area contributed by atoms with Crippen LogP contribution in [0, 0.1) is 17.8 Å². The molecule has 1 N–H and O–H groups in total. The van der Waals surface area contributed by atoms with Gasteiger partial charge in [0.2, 0.25) is 0 Å². The van der Waals surface area contributed by atoms with E-state index in [1.807, 2.05) is 24.3 Å². The van der Waals surface area contributed by atoms with E-state index >= 15 is 0 Å². The second kappa shape index (κ2) is 12.8. The van der Waals surface area contributed by atoms with Gasteiger partial charge in [-0.15, -0.1) is 5.73 Å². The molecule has 1 unspecified atom stereocenters. The van der Waals surface area contributed by atoms with Gasteiger partial charge in [0.05, 0.1) is 20.8 Å². The second-order valence-corrected chi connectivity index (χ2v) is 7.66. The number of aliphatic hydroxyl groups is 1. The Bertz CT molecular complexity index is 804. The van der Waals surface area contributed by atoms with Gasteiger partial charge in [0.25, 0.3) is 0 Å². The fraction of sp³-hybridized carbons (Fsp3) is 0.480. The summed E-state index contributed by atoms with van der Waals surface area (Å²) in [6.07, 6.45) is 8.50. The van der Waals surface area contributed by atoms with E-state index in [-0.39, 0.29) is 24.0 Å². The van der Waals surface area contributed by atoms with E-state index < -0.39 is 12.1 Å². The molecule has 1 aromatic rings. The minimum atomic E-state index is -1.19. The molecule has 1 aliphatic rings. The number of methoxy groups -OCH3 is 2. The maximum atomic E-state index is 12.4. The van der Waals surface area contributed by atoms with Crippen LogP contribution in [-0.4, -0.2) is 43.8 Å². The van der Waals surface area contributed by atoms with Crippen LogP contribution in [0.3, 0.4) is 0 Å². The molecule has 0 heterocycles. The molecular formula is C25H32O6. The van der Waals surface area contributed by atoms with Crippen molar-refractivity contribution in [2.24, 2.45) is 17.8 Å². The lowest BCUT2D eigenvalue weighted by Gasteiger charge is -2.16. The summed E-state index contributed by atoms with van der Waals surface area (Å²) < 4.78 is 15.3. The lowest BCUT2D eigenvalue weighted by Crippen LogP contribution is -2.20. The van der Waals surface area contributed by atoms with E-state index in [2.05, 4.69) is 29.5 Å². The normalized spacial score (nSPS) is 21.4. The third-order valence-electron chi connectivity index (χ3n) is 5.45. The molecule has 2 rings (SSSR count). The van der Waals surface area contributed by atoms with E-state index in [1.54, 1.807) is 19.3 Å². The molecule has 0 radical (unpaired) electrons. The summed E-state index contributed by atoms with van der Waals surface area (Å²) in [5.74, 6) is 1.61. The number of aliphatic hydroxyl groups excluding tert-OH is 1. The summed E-state index contributed by atoms with van der Waals surface area (Å²) in [7, 11) is 2.86. The molecule has 1 aromatic carbocycles. The van der Waals surface area contributed by atoms with Gasteiger partial charge < -0.3 is 19.3 Å². The number of hydrogen-bond acceptors (Lipinski definition) is 6. The van der Waals surface area contributed by atoms with Crippen LogP contribution in [0.4, 0.5) is 0 Å². The SMILES string of the molecule is COC(=O)C(O)CC=C=CC[C@H]1C(=O)C[C@@H](C)[C@@H]1/C=C/CCOc1ccc(OC)cc1. The van der Waals surface area contributed by atoms with Crippen LogP contribution in [0.25, 0.3) is 0 Å². The number of allylic oxidation sites excluding steroid dienone is 1. The monoisotopic (exact) mass is 428 g/mol. The first-order chi connectivity index (χ1) is 15.0. The van der Waals surface area contributed by atoms with Crippen LogP contribution in [0.5, 0.6) is 11.5 Å². The van der Waals surface area contributed by atoms with E-state index in [0.29, 0.717) is 25.4 Å². The Labute approximate surface area is 184 Å². The number of esters is 1. The van der Waals surface area contributed by atoms with Crippen molar-refractivity contribution in [3.63, 3.8) is 0 Å². The first kappa shape index (κ1) is 24.4. The van der Waals surface area contributed by atoms with Gasteiger partial charge in [-0.3, -0.25) is 4.79 Å². The highest BCUT2D eigenvalue weighted by molar-refractivity contribution is 5.84. The minimum Gasteiger partial charge on any atom is -0.497 e. The predicted octanol–water partition coefficient (Wildman–Crippen LogP) is 3.89. The molecule has 31 heavy (non-hydrogen) atoms. The molecule has 6 heteroatoms. The van der Waals surface area contributed by atoms with Crippen LogP contribution in [0.2, 0.25) is 0 Å². The Morgan fingerprint density at radius 1 is 1.23 bits per heavy atom. The number of carbonyl (C=O) groups is 2. The van der Waals surface area contributed by atoms with Gasteiger partial charge in [-0.1, -0.05) is 19.1 Å². The van der Waals surface area contributed by atoms with Crippen LogP contribution in [0.15, 0.2) is 54.3 Å². The third-order valence-corrected chi connectivity index (χ3v) is 5.45. The van der Waals surface area contributed by atoms with Gasteiger partial charge in [0.1, 0.15) is 17.3 Å². The molecule has 0 aliphatic heterocycles. The molecule has 168 valence electrons. The van der Waals surface area contributed by atoms with E-state index in [9.17, 15) is 14.7 Å². The summed E-state index contributed by atoms with van der Waals surface area (Å²) in [6, 6.07) is 7.47. The Morgan fingerprint density at radius 3 is 2.61 bits per heavy atom. The summed E-state index contributed by atoms with van der Waals surface area (Å²) in [5, 5.41) is 9.55. The van der Waals surface area contributed by atoms with Crippen molar-refractivity contribution in [2.75, 3.05) is 20.8 Å². The summed E-state index contributed by atoms with van der Waals surface area (Å²) in [6.45, 7) is 2.67. The Balaban J connectivity index is 1.81. The number of rotatable bonds is 11. The van der Waals surface area contributed by atoms with E-state index in [0.717, 1.165) is 17.9 Å². The van der Waals surface area contributed by atoms with Crippen molar-refractivity contribution < 1.29 is 28.9 Å². The largest absolute Gasteiger partial charge is 0.497 e. The number of hydrogen-bond donors (Lipinski definition) is 1. The van der Waals surface area contributed by atoms with Crippen molar-refractivity contribution in [3.05, 3.63) is 54.3 Å². The molecule has 0 spiro atoms. The fourth-order valence-electron chi connectivity index (χ4n) is 3.69. The Morgan fingerprint density at radius 2 is 1.94 bits per heavy atom. The molecule has 6 nitrogen and oxygen atoms in total. The van der Waals surface area contributed by atoms with E-state index in [4.69, 9.17) is 9.47 Å². The van der Waals surface area contributed by atoms with Gasteiger partial charge in [-0.2, -0.15) is 0 Å². The number of ketones is 1. The van der Waals surface area contributed by atoms with Crippen molar-refractivity contribution in [2.45, 2.75) is 38.7 Å². The smallest absolute Gasteiger partial charge is 0.335 e. The molecule has 0 bridgehead atoms. The summed E-state index contributed by atoms with van der Waals surface area (Å²) in [5.41, 5.74) is 2.96. The van der Waals surface area contributed by atoms with Crippen molar-refractivity contribution >= 4 is 11.8 Å². The van der Waals surface area contributed by atoms with Crippen molar-refractivity contribution in [3.8, 4) is 11.5 Å². The van der Waals surface area contributed by atoms with Gasteiger partial charge in [0, 0.05) is 18.8 Å². The number of benzene rings is 1. The molecule has 0 saturated heterocycles. The second-order valence-electron chi connectivity index (χ2n) is 7.66. The quantitative estimate of drug-likeness (QED) is 0.249. The highest BCUT2D eigenvalue weighted by Gasteiger charge is 2.37. The van der Waals surface area contributed by atoms with Gasteiger partial charge in [-0.25, -0.2) is 4.79 Å². The fourth-order valence-corrected chi connectivity index (χ4v) is 3.69. The van der Waals surface area contributed by atoms with Crippen LogP contribution >= 0.6 is 0 Å². The minimum absolute atomic E-state index is 0.0693. The zero-order valence-electron chi connectivity index (χ0n) is 18.5. The van der Waals surface area contributed by atoms with Crippen LogP contribution in [-0.2, 0) is 14.3 Å². The van der Waals surface area contributed by atoms with Gasteiger partial charge in [0.15, 0.2) is 6.10 Å². The summed E-state index contributed by atoms with van der Waals surface area (Å²) in [4.78, 5) is 23.6. The van der Waals surface area contributed by atoms with Crippen LogP contribution < -0.4 is 9.47 Å². The zero-order valence-corrected chi connectivity index (χ0v) is 18.5. The molecule has 4 atom stereocenters. The standard InChI is InChI=1S/C25H32O6/c1-18-17-24(27)22(10-5-4-6-11-23(26)25(28)30-3)21(18)9-7-8-16-31-20-14-12-19(29-2)13-15-20/h5-7,9,12-15,18,21-23,26H,8,10-11,16-17H2,1-3H3/b9-7+/t4?,18-,21+,22-,23?/m1/s1. The number of carbonyl (C=O) groups excluding carboxylic acids is 2. The van der Waals surface area contributed by atoms with Crippen molar-refractivity contribution in [1.29, 1.82) is 0 Å². The Hall–Kier alpha value is -2.82. The summed E-state index contributed by atoms with van der Waals surface area (Å²) >= 11 is 0. The number of ether oxygens (including phenoxy) is 3. The lowest BCUT2D eigenvalue weighted by atomic mass is 9.87. The Kier molecular flexibility index (Phi) is 10.1. The van der Waals surface area contributed by atoms with Crippen LogP contribution in [0.1, 0.15) is 32.6 Å². The third kappa shape index (κ3) is 7.74.